The second-order valence-corrected chi connectivity index (χ2v) is 9.72. The lowest BCUT2D eigenvalue weighted by molar-refractivity contribution is 0.0792. The number of fused-ring (bicyclic) bond motifs is 1. The van der Waals surface area contributed by atoms with Gasteiger partial charge < -0.3 is 19.7 Å². The minimum atomic E-state index is -0.0918. The van der Waals surface area contributed by atoms with E-state index in [0.29, 0.717) is 19.0 Å². The Morgan fingerprint density at radius 3 is 1.67 bits per heavy atom. The van der Waals surface area contributed by atoms with Gasteiger partial charge in [0.1, 0.15) is 13.2 Å². The summed E-state index contributed by atoms with van der Waals surface area (Å²) >= 11 is 0. The lowest BCUT2D eigenvalue weighted by Gasteiger charge is -2.50. The molecule has 182 valence electrons. The van der Waals surface area contributed by atoms with Crippen molar-refractivity contribution < 1.29 is 19.7 Å². The van der Waals surface area contributed by atoms with Crippen LogP contribution in [0, 0.1) is 11.8 Å². The highest BCUT2D eigenvalue weighted by Crippen LogP contribution is 2.61. The number of ether oxygens (including phenoxy) is 2. The van der Waals surface area contributed by atoms with Crippen molar-refractivity contribution in [2.24, 2.45) is 11.8 Å². The van der Waals surface area contributed by atoms with E-state index in [2.05, 4.69) is 54.6 Å². The van der Waals surface area contributed by atoms with E-state index < -0.39 is 0 Å². The van der Waals surface area contributed by atoms with Gasteiger partial charge in [-0.05, 0) is 45.7 Å². The van der Waals surface area contributed by atoms with Gasteiger partial charge in [-0.15, -0.1) is 0 Å². The lowest BCUT2D eigenvalue weighted by atomic mass is 9.54. The van der Waals surface area contributed by atoms with Crippen LogP contribution in [-0.4, -0.2) is 23.4 Å². The number of hydrogen-bond acceptors (Lipinski definition) is 4. The first kappa shape index (κ1) is 22.8. The van der Waals surface area contributed by atoms with E-state index in [1.54, 1.807) is 0 Å². The van der Waals surface area contributed by atoms with Crippen LogP contribution in [0.2, 0.25) is 0 Å². The van der Waals surface area contributed by atoms with Gasteiger partial charge in [-0.1, -0.05) is 91.0 Å². The molecule has 3 aliphatic rings. The molecule has 0 heterocycles. The van der Waals surface area contributed by atoms with Crippen molar-refractivity contribution in [1.82, 2.24) is 0 Å². The zero-order valence-electron chi connectivity index (χ0n) is 20.1. The van der Waals surface area contributed by atoms with Crippen molar-refractivity contribution in [3.05, 3.63) is 130 Å². The van der Waals surface area contributed by atoms with Gasteiger partial charge in [0, 0.05) is 30.6 Å². The van der Waals surface area contributed by atoms with E-state index in [4.69, 9.17) is 9.47 Å². The summed E-state index contributed by atoms with van der Waals surface area (Å²) in [5, 5.41) is 20.9. The highest BCUT2D eigenvalue weighted by Gasteiger charge is 2.50. The summed E-state index contributed by atoms with van der Waals surface area (Å²) in [6.45, 7) is 0.903. The van der Waals surface area contributed by atoms with Crippen LogP contribution in [0.25, 0.3) is 0 Å². The maximum Gasteiger partial charge on any atom is 0.165 e. The Balaban J connectivity index is 1.47. The van der Waals surface area contributed by atoms with Crippen molar-refractivity contribution in [3.8, 4) is 11.5 Å². The number of aliphatic hydroxyl groups excluding tert-OH is 2. The Morgan fingerprint density at radius 1 is 0.528 bits per heavy atom. The van der Waals surface area contributed by atoms with Gasteiger partial charge in [0.2, 0.25) is 0 Å². The van der Waals surface area contributed by atoms with Gasteiger partial charge in [-0.3, -0.25) is 0 Å². The molecule has 3 aliphatic carbocycles. The van der Waals surface area contributed by atoms with E-state index in [-0.39, 0.29) is 36.9 Å². The van der Waals surface area contributed by atoms with Gasteiger partial charge in [-0.2, -0.15) is 0 Å². The fourth-order valence-corrected chi connectivity index (χ4v) is 6.20. The molecule has 0 amide bonds. The number of aliphatic hydroxyl groups is 2. The Hall–Kier alpha value is -3.60. The van der Waals surface area contributed by atoms with Crippen molar-refractivity contribution in [2.75, 3.05) is 13.2 Å². The SMILES string of the molecule is OC[C@@H]1[C@H]2c3ccccc3[C@H](c3ccc(OCc4ccccc4)c(OCc4ccccc4)c32)[C@@H]1CO. The van der Waals surface area contributed by atoms with Gasteiger partial charge in [0.05, 0.1) is 0 Å². The smallest absolute Gasteiger partial charge is 0.165 e. The highest BCUT2D eigenvalue weighted by molar-refractivity contribution is 5.64. The zero-order valence-corrected chi connectivity index (χ0v) is 20.1. The van der Waals surface area contributed by atoms with Crippen LogP contribution >= 0.6 is 0 Å². The van der Waals surface area contributed by atoms with Crippen LogP contribution in [0.5, 0.6) is 11.5 Å². The zero-order chi connectivity index (χ0) is 24.5. The molecule has 7 rings (SSSR count). The van der Waals surface area contributed by atoms with Gasteiger partial charge in [0.25, 0.3) is 0 Å². The molecule has 0 radical (unpaired) electrons. The molecular formula is C32H30O4. The van der Waals surface area contributed by atoms with Crippen molar-refractivity contribution in [1.29, 1.82) is 0 Å². The van der Waals surface area contributed by atoms with Crippen molar-refractivity contribution in [2.45, 2.75) is 25.0 Å². The first-order chi connectivity index (χ1) is 17.8. The Labute approximate surface area is 211 Å². The van der Waals surface area contributed by atoms with E-state index in [9.17, 15) is 10.2 Å². The average molecular weight is 479 g/mol. The topological polar surface area (TPSA) is 58.9 Å². The van der Waals surface area contributed by atoms with Crippen LogP contribution in [0.3, 0.4) is 0 Å². The molecular weight excluding hydrogens is 448 g/mol. The highest BCUT2D eigenvalue weighted by atomic mass is 16.5. The molecule has 0 fully saturated rings. The summed E-state index contributed by atoms with van der Waals surface area (Å²) in [4.78, 5) is 0. The summed E-state index contributed by atoms with van der Waals surface area (Å²) in [7, 11) is 0. The molecule has 2 N–H and O–H groups in total. The van der Waals surface area contributed by atoms with E-state index in [1.165, 1.54) is 11.1 Å². The van der Waals surface area contributed by atoms with Gasteiger partial charge in [-0.25, -0.2) is 0 Å². The third kappa shape index (κ3) is 3.87. The molecule has 4 heteroatoms. The molecule has 0 saturated carbocycles. The number of hydrogen-bond donors (Lipinski definition) is 2. The van der Waals surface area contributed by atoms with E-state index >= 15 is 0 Å². The fraction of sp³-hybridized carbons (Fsp3) is 0.250. The maximum atomic E-state index is 10.5. The first-order valence-electron chi connectivity index (χ1n) is 12.6. The summed E-state index contributed by atoms with van der Waals surface area (Å²) in [5.74, 6) is 1.24. The third-order valence-electron chi connectivity index (χ3n) is 7.80. The second kappa shape index (κ2) is 9.81. The molecule has 36 heavy (non-hydrogen) atoms. The molecule has 4 atom stereocenters. The van der Waals surface area contributed by atoms with Gasteiger partial charge in [0.15, 0.2) is 11.5 Å². The van der Waals surface area contributed by atoms with E-state index in [0.717, 1.165) is 28.0 Å². The molecule has 4 aromatic rings. The molecule has 4 aromatic carbocycles. The summed E-state index contributed by atoms with van der Waals surface area (Å²) in [6, 6.07) is 32.8. The second-order valence-electron chi connectivity index (χ2n) is 9.72. The standard InChI is InChI=1S/C32H30O4/c33-17-26-27(18-34)30-24-14-8-7-13-23(24)29(26)25-15-16-28(35-19-21-9-3-1-4-10-21)32(31(25)30)36-20-22-11-5-2-6-12-22/h1-16,26-27,29-30,33-34H,17-20H2/t26-,27+,29-,30-/m1/s1. The Morgan fingerprint density at radius 2 is 1.06 bits per heavy atom. The lowest BCUT2D eigenvalue weighted by Crippen LogP contribution is -2.43. The number of benzene rings is 4. The van der Waals surface area contributed by atoms with Crippen LogP contribution in [-0.2, 0) is 13.2 Å². The normalized spacial score (nSPS) is 21.5. The summed E-state index contributed by atoms with van der Waals surface area (Å²) < 4.78 is 12.9. The summed E-state index contributed by atoms with van der Waals surface area (Å²) in [6.07, 6.45) is 0. The van der Waals surface area contributed by atoms with Crippen molar-refractivity contribution >= 4 is 0 Å². The summed E-state index contributed by atoms with van der Waals surface area (Å²) in [5.41, 5.74) is 6.87. The van der Waals surface area contributed by atoms with Crippen molar-refractivity contribution in [3.63, 3.8) is 0 Å². The Kier molecular flexibility index (Phi) is 6.22. The minimum Gasteiger partial charge on any atom is -0.485 e. The third-order valence-corrected chi connectivity index (χ3v) is 7.80. The molecule has 0 saturated heterocycles. The first-order valence-corrected chi connectivity index (χ1v) is 12.6. The predicted molar refractivity (Wildman–Crippen MR) is 139 cm³/mol. The predicted octanol–water partition coefficient (Wildman–Crippen LogP) is 5.65. The maximum absolute atomic E-state index is 10.5. The average Bonchev–Trinajstić information content (AvgIpc) is 2.95. The van der Waals surface area contributed by atoms with Crippen LogP contribution < -0.4 is 9.47 Å². The van der Waals surface area contributed by atoms with Gasteiger partial charge >= 0.3 is 0 Å². The van der Waals surface area contributed by atoms with Crippen LogP contribution in [0.1, 0.15) is 45.2 Å². The van der Waals surface area contributed by atoms with E-state index in [1.807, 2.05) is 42.5 Å². The monoisotopic (exact) mass is 478 g/mol. The minimum absolute atomic E-state index is 0.00518. The molecule has 0 aliphatic heterocycles. The van der Waals surface area contributed by atoms with Crippen LogP contribution in [0.4, 0.5) is 0 Å². The number of rotatable bonds is 8. The largest absolute Gasteiger partial charge is 0.485 e. The molecule has 0 spiro atoms. The fourth-order valence-electron chi connectivity index (χ4n) is 6.20. The Bertz CT molecular complexity index is 1340. The molecule has 0 aromatic heterocycles. The molecule has 2 bridgehead atoms. The molecule has 0 unspecified atom stereocenters. The quantitative estimate of drug-likeness (QED) is 0.344. The van der Waals surface area contributed by atoms with Crippen LogP contribution in [0.15, 0.2) is 97.1 Å². The molecule has 4 nitrogen and oxygen atoms in total.